The maximum atomic E-state index is 13.6. The van der Waals surface area contributed by atoms with E-state index in [4.69, 9.17) is 4.74 Å². The Kier molecular flexibility index (Phi) is 5.46. The van der Waals surface area contributed by atoms with Crippen LogP contribution in [0.1, 0.15) is 18.9 Å². The molecule has 0 amide bonds. The Hall–Kier alpha value is -1.04. The van der Waals surface area contributed by atoms with E-state index in [2.05, 4.69) is 11.8 Å². The van der Waals surface area contributed by atoms with Gasteiger partial charge in [0.1, 0.15) is 11.6 Å². The molecule has 1 aromatic carbocycles. The molecule has 1 fully saturated rings. The van der Waals surface area contributed by atoms with Crippen LogP contribution in [0.15, 0.2) is 18.2 Å². The highest BCUT2D eigenvalue weighted by Crippen LogP contribution is 2.17. The first-order valence-electron chi connectivity index (χ1n) is 7.06. The third-order valence-electron chi connectivity index (χ3n) is 3.58. The summed E-state index contributed by atoms with van der Waals surface area (Å²) in [5.74, 6) is -0.988. The maximum Gasteiger partial charge on any atom is 0.126 e. The fourth-order valence-electron chi connectivity index (χ4n) is 2.54. The minimum Gasteiger partial charge on any atom is -0.390 e. The number of hydrogen-bond donors (Lipinski definition) is 1. The van der Waals surface area contributed by atoms with E-state index in [0.29, 0.717) is 13.2 Å². The lowest BCUT2D eigenvalue weighted by Crippen LogP contribution is -2.48. The summed E-state index contributed by atoms with van der Waals surface area (Å²) in [5, 5.41) is 10.2. The van der Waals surface area contributed by atoms with Gasteiger partial charge in [-0.3, -0.25) is 4.90 Å². The second kappa shape index (κ2) is 7.11. The number of aliphatic hydroxyl groups is 1. The highest BCUT2D eigenvalue weighted by atomic mass is 19.1. The van der Waals surface area contributed by atoms with Gasteiger partial charge in [-0.1, -0.05) is 6.92 Å². The van der Waals surface area contributed by atoms with Crippen molar-refractivity contribution in [2.45, 2.75) is 32.0 Å². The monoisotopic (exact) mass is 285 g/mol. The molecule has 1 N–H and O–H groups in total. The fourth-order valence-corrected chi connectivity index (χ4v) is 2.54. The van der Waals surface area contributed by atoms with Crippen LogP contribution in [0.3, 0.4) is 0 Å². The molecule has 1 saturated heterocycles. The Morgan fingerprint density at radius 3 is 3.00 bits per heavy atom. The van der Waals surface area contributed by atoms with Crippen molar-refractivity contribution in [1.29, 1.82) is 0 Å². The molecule has 0 spiro atoms. The molecule has 2 unspecified atom stereocenters. The molecule has 0 radical (unpaired) electrons. The summed E-state index contributed by atoms with van der Waals surface area (Å²) in [6.45, 7) is 5.11. The Bertz CT molecular complexity index is 440. The molecule has 1 aliphatic rings. The van der Waals surface area contributed by atoms with Gasteiger partial charge in [-0.05, 0) is 36.7 Å². The maximum absolute atomic E-state index is 13.6. The molecule has 0 bridgehead atoms. The lowest BCUT2D eigenvalue weighted by Gasteiger charge is -2.35. The summed E-state index contributed by atoms with van der Waals surface area (Å²) in [6, 6.07) is 3.29. The quantitative estimate of drug-likeness (QED) is 0.898. The van der Waals surface area contributed by atoms with Gasteiger partial charge in [-0.15, -0.1) is 0 Å². The van der Waals surface area contributed by atoms with Crippen LogP contribution in [0.2, 0.25) is 0 Å². The molecular weight excluding hydrogens is 264 g/mol. The van der Waals surface area contributed by atoms with Crippen molar-refractivity contribution in [3.63, 3.8) is 0 Å². The standard InChI is InChI=1S/C15H21F2NO2/c1-2-5-18-6-7-20-15(10-18)14(19)9-11-8-12(16)3-4-13(11)17/h3-4,8,14-15,19H,2,5-7,9-10H2,1H3. The summed E-state index contributed by atoms with van der Waals surface area (Å²) in [7, 11) is 0. The highest BCUT2D eigenvalue weighted by molar-refractivity contribution is 5.19. The molecule has 3 nitrogen and oxygen atoms in total. The van der Waals surface area contributed by atoms with Gasteiger partial charge in [0.05, 0.1) is 18.8 Å². The smallest absolute Gasteiger partial charge is 0.126 e. The van der Waals surface area contributed by atoms with Crippen molar-refractivity contribution in [2.24, 2.45) is 0 Å². The number of rotatable bonds is 5. The second-order valence-electron chi connectivity index (χ2n) is 5.22. The first-order valence-corrected chi connectivity index (χ1v) is 7.06. The lowest BCUT2D eigenvalue weighted by molar-refractivity contribution is -0.0879. The topological polar surface area (TPSA) is 32.7 Å². The minimum atomic E-state index is -0.828. The fraction of sp³-hybridized carbons (Fsp3) is 0.600. The number of ether oxygens (including phenoxy) is 1. The summed E-state index contributed by atoms with van der Waals surface area (Å²) < 4.78 is 32.2. The van der Waals surface area contributed by atoms with Crippen molar-refractivity contribution >= 4 is 0 Å². The number of halogens is 2. The van der Waals surface area contributed by atoms with Gasteiger partial charge >= 0.3 is 0 Å². The van der Waals surface area contributed by atoms with E-state index in [9.17, 15) is 13.9 Å². The van der Waals surface area contributed by atoms with Crippen LogP contribution >= 0.6 is 0 Å². The van der Waals surface area contributed by atoms with Gasteiger partial charge < -0.3 is 9.84 Å². The molecule has 1 heterocycles. The number of nitrogens with zero attached hydrogens (tertiary/aromatic N) is 1. The van der Waals surface area contributed by atoms with Gasteiger partial charge in [0, 0.05) is 19.5 Å². The van der Waals surface area contributed by atoms with Crippen molar-refractivity contribution in [3.8, 4) is 0 Å². The Morgan fingerprint density at radius 2 is 2.25 bits per heavy atom. The van der Waals surface area contributed by atoms with Gasteiger partial charge in [-0.25, -0.2) is 8.78 Å². The Morgan fingerprint density at radius 1 is 1.45 bits per heavy atom. The average Bonchev–Trinajstić information content (AvgIpc) is 2.43. The van der Waals surface area contributed by atoms with Gasteiger partial charge in [0.25, 0.3) is 0 Å². The molecule has 20 heavy (non-hydrogen) atoms. The molecule has 0 aliphatic carbocycles. The van der Waals surface area contributed by atoms with E-state index in [1.54, 1.807) is 0 Å². The van der Waals surface area contributed by atoms with Gasteiger partial charge in [-0.2, -0.15) is 0 Å². The van der Waals surface area contributed by atoms with E-state index in [0.717, 1.165) is 37.7 Å². The van der Waals surface area contributed by atoms with Crippen molar-refractivity contribution in [1.82, 2.24) is 4.90 Å². The van der Waals surface area contributed by atoms with Crippen molar-refractivity contribution in [2.75, 3.05) is 26.2 Å². The van der Waals surface area contributed by atoms with E-state index >= 15 is 0 Å². The first kappa shape index (κ1) is 15.4. The van der Waals surface area contributed by atoms with Crippen LogP contribution in [-0.2, 0) is 11.2 Å². The lowest BCUT2D eigenvalue weighted by atomic mass is 10.0. The number of aliphatic hydroxyl groups excluding tert-OH is 1. The molecule has 5 heteroatoms. The molecule has 0 aromatic heterocycles. The SMILES string of the molecule is CCCN1CCOC(C(O)Cc2cc(F)ccc2F)C1. The summed E-state index contributed by atoms with van der Waals surface area (Å²) in [6.07, 6.45) is -0.0702. The Labute approximate surface area is 118 Å². The van der Waals surface area contributed by atoms with Crippen LogP contribution in [0.4, 0.5) is 8.78 Å². The molecule has 2 atom stereocenters. The summed E-state index contributed by atoms with van der Waals surface area (Å²) >= 11 is 0. The third kappa shape index (κ3) is 3.98. The zero-order valence-electron chi connectivity index (χ0n) is 11.7. The molecule has 112 valence electrons. The van der Waals surface area contributed by atoms with Crippen molar-refractivity contribution < 1.29 is 18.6 Å². The highest BCUT2D eigenvalue weighted by Gasteiger charge is 2.27. The van der Waals surface area contributed by atoms with Gasteiger partial charge in [0.15, 0.2) is 0 Å². The zero-order chi connectivity index (χ0) is 14.5. The van der Waals surface area contributed by atoms with E-state index in [1.807, 2.05) is 0 Å². The van der Waals surface area contributed by atoms with Crippen LogP contribution in [0, 0.1) is 11.6 Å². The second-order valence-corrected chi connectivity index (χ2v) is 5.22. The van der Waals surface area contributed by atoms with Crippen LogP contribution in [0.5, 0.6) is 0 Å². The third-order valence-corrected chi connectivity index (χ3v) is 3.58. The normalized spacial score (nSPS) is 21.9. The molecule has 1 aromatic rings. The van der Waals surface area contributed by atoms with E-state index < -0.39 is 17.7 Å². The number of benzene rings is 1. The predicted octanol–water partition coefficient (Wildman–Crippen LogP) is 1.98. The Balaban J connectivity index is 1.96. The van der Waals surface area contributed by atoms with Crippen LogP contribution in [-0.4, -0.2) is 48.5 Å². The molecule has 0 saturated carbocycles. The zero-order valence-corrected chi connectivity index (χ0v) is 11.7. The van der Waals surface area contributed by atoms with Crippen molar-refractivity contribution in [3.05, 3.63) is 35.4 Å². The van der Waals surface area contributed by atoms with Gasteiger partial charge in [0.2, 0.25) is 0 Å². The first-order chi connectivity index (χ1) is 9.60. The molecule has 2 rings (SSSR count). The summed E-state index contributed by atoms with van der Waals surface area (Å²) in [5.41, 5.74) is 0.189. The predicted molar refractivity (Wildman–Crippen MR) is 72.5 cm³/mol. The van der Waals surface area contributed by atoms with E-state index in [1.165, 1.54) is 0 Å². The van der Waals surface area contributed by atoms with E-state index in [-0.39, 0.29) is 18.1 Å². The largest absolute Gasteiger partial charge is 0.390 e. The van der Waals surface area contributed by atoms with Crippen LogP contribution < -0.4 is 0 Å². The van der Waals surface area contributed by atoms with Crippen LogP contribution in [0.25, 0.3) is 0 Å². The molecule has 1 aliphatic heterocycles. The summed E-state index contributed by atoms with van der Waals surface area (Å²) in [4.78, 5) is 2.22. The minimum absolute atomic E-state index is 0.0637. The molecular formula is C15H21F2NO2. The number of morpholine rings is 1. The average molecular weight is 285 g/mol. The number of hydrogen-bond acceptors (Lipinski definition) is 3.